The van der Waals surface area contributed by atoms with E-state index in [-0.39, 0.29) is 10.9 Å². The van der Waals surface area contributed by atoms with Crippen LogP contribution in [0.15, 0.2) is 29.2 Å². The van der Waals surface area contributed by atoms with Crippen molar-refractivity contribution in [2.45, 2.75) is 23.2 Å². The molecule has 120 valence electrons. The third kappa shape index (κ3) is 2.53. The van der Waals surface area contributed by atoms with Gasteiger partial charge >= 0.3 is 5.97 Å². The van der Waals surface area contributed by atoms with Gasteiger partial charge in [0.05, 0.1) is 17.4 Å². The zero-order valence-corrected chi connectivity index (χ0v) is 13.4. The first kappa shape index (κ1) is 15.5. The van der Waals surface area contributed by atoms with Crippen LogP contribution in [0.1, 0.15) is 18.4 Å². The van der Waals surface area contributed by atoms with Gasteiger partial charge in [0, 0.05) is 26.2 Å². The van der Waals surface area contributed by atoms with Crippen LogP contribution in [-0.2, 0) is 25.0 Å². The van der Waals surface area contributed by atoms with Crippen molar-refractivity contribution >= 4 is 16.0 Å². The van der Waals surface area contributed by atoms with Crippen molar-refractivity contribution < 1.29 is 17.9 Å². The van der Waals surface area contributed by atoms with Crippen molar-refractivity contribution in [3.8, 4) is 0 Å². The molecule has 22 heavy (non-hydrogen) atoms. The number of nitrogens with zero attached hydrogens (tertiary/aromatic N) is 1. The monoisotopic (exact) mass is 324 g/mol. The number of methoxy groups -OCH3 is 1. The Hall–Kier alpha value is -1.44. The predicted molar refractivity (Wildman–Crippen MR) is 81.0 cm³/mol. The first-order valence-electron chi connectivity index (χ1n) is 7.40. The van der Waals surface area contributed by atoms with E-state index < -0.39 is 15.4 Å². The molecule has 0 atom stereocenters. The lowest BCUT2D eigenvalue weighted by molar-refractivity contribution is -0.143. The molecule has 0 aromatic heterocycles. The highest BCUT2D eigenvalue weighted by Crippen LogP contribution is 2.49. The molecule has 7 heteroatoms. The molecule has 1 heterocycles. The lowest BCUT2D eigenvalue weighted by Gasteiger charge is -2.26. The number of nitrogens with one attached hydrogen (secondary N) is 1. The third-order valence-corrected chi connectivity index (χ3v) is 6.36. The number of esters is 1. The Kier molecular flexibility index (Phi) is 3.96. The SMILES string of the molecule is COC(=O)C1(c2ccc(S(=O)(=O)N3CCNCC3)cc2)CC1. The van der Waals surface area contributed by atoms with Crippen LogP contribution in [0.25, 0.3) is 0 Å². The largest absolute Gasteiger partial charge is 0.468 e. The van der Waals surface area contributed by atoms with Gasteiger partial charge in [0.15, 0.2) is 0 Å². The molecule has 6 nitrogen and oxygen atoms in total. The van der Waals surface area contributed by atoms with Crippen LogP contribution in [0.4, 0.5) is 0 Å². The van der Waals surface area contributed by atoms with Crippen LogP contribution in [0, 0.1) is 0 Å². The Bertz CT molecular complexity index is 659. The Morgan fingerprint density at radius 3 is 2.27 bits per heavy atom. The molecule has 1 N–H and O–H groups in total. The number of ether oxygens (including phenoxy) is 1. The smallest absolute Gasteiger partial charge is 0.316 e. The second-order valence-corrected chi connectivity index (χ2v) is 7.69. The molecule has 1 saturated heterocycles. The lowest BCUT2D eigenvalue weighted by Crippen LogP contribution is -2.46. The first-order chi connectivity index (χ1) is 10.5. The molecule has 0 amide bonds. The highest BCUT2D eigenvalue weighted by molar-refractivity contribution is 7.89. The summed E-state index contributed by atoms with van der Waals surface area (Å²) in [4.78, 5) is 12.1. The maximum atomic E-state index is 12.6. The van der Waals surface area contributed by atoms with Gasteiger partial charge in [-0.3, -0.25) is 4.79 Å². The molecule has 1 aromatic rings. The number of piperazine rings is 1. The van der Waals surface area contributed by atoms with E-state index in [9.17, 15) is 13.2 Å². The average molecular weight is 324 g/mol. The van der Waals surface area contributed by atoms with E-state index in [1.165, 1.54) is 11.4 Å². The first-order valence-corrected chi connectivity index (χ1v) is 8.84. The van der Waals surface area contributed by atoms with Crippen LogP contribution < -0.4 is 5.32 Å². The van der Waals surface area contributed by atoms with Crippen molar-refractivity contribution in [2.24, 2.45) is 0 Å². The molecule has 0 radical (unpaired) electrons. The van der Waals surface area contributed by atoms with E-state index >= 15 is 0 Å². The molecular weight excluding hydrogens is 304 g/mol. The Morgan fingerprint density at radius 2 is 1.77 bits per heavy atom. The summed E-state index contributed by atoms with van der Waals surface area (Å²) >= 11 is 0. The minimum absolute atomic E-state index is 0.245. The third-order valence-electron chi connectivity index (χ3n) is 4.45. The molecule has 1 aromatic carbocycles. The van der Waals surface area contributed by atoms with Gasteiger partial charge in [0.25, 0.3) is 0 Å². The normalized spacial score (nSPS) is 21.3. The molecule has 2 aliphatic rings. The minimum Gasteiger partial charge on any atom is -0.468 e. The Balaban J connectivity index is 1.84. The Labute approximate surface area is 130 Å². The summed E-state index contributed by atoms with van der Waals surface area (Å²) in [5.41, 5.74) is 0.269. The van der Waals surface area contributed by atoms with Crippen molar-refractivity contribution in [2.75, 3.05) is 33.3 Å². The van der Waals surface area contributed by atoms with Crippen molar-refractivity contribution in [1.29, 1.82) is 0 Å². The quantitative estimate of drug-likeness (QED) is 0.816. The van der Waals surface area contributed by atoms with Crippen LogP contribution in [0.3, 0.4) is 0 Å². The minimum atomic E-state index is -3.45. The summed E-state index contributed by atoms with van der Waals surface area (Å²) in [6.45, 7) is 2.30. The van der Waals surface area contributed by atoms with Crippen LogP contribution >= 0.6 is 0 Å². The molecule has 0 spiro atoms. The standard InChI is InChI=1S/C15H20N2O4S/c1-21-14(18)15(6-7-15)12-2-4-13(5-3-12)22(19,20)17-10-8-16-9-11-17/h2-5,16H,6-11H2,1H3. The number of hydrogen-bond donors (Lipinski definition) is 1. The van der Waals surface area contributed by atoms with Gasteiger partial charge in [-0.05, 0) is 30.5 Å². The van der Waals surface area contributed by atoms with Crippen molar-refractivity contribution in [3.63, 3.8) is 0 Å². The number of benzene rings is 1. The molecule has 0 unspecified atom stereocenters. The fourth-order valence-electron chi connectivity index (χ4n) is 2.91. The van der Waals surface area contributed by atoms with E-state index in [0.29, 0.717) is 26.2 Å². The van der Waals surface area contributed by atoms with Gasteiger partial charge in [0.1, 0.15) is 0 Å². The van der Waals surface area contributed by atoms with Crippen molar-refractivity contribution in [3.05, 3.63) is 29.8 Å². The lowest BCUT2D eigenvalue weighted by atomic mass is 9.96. The second kappa shape index (κ2) is 5.64. The summed E-state index contributed by atoms with van der Waals surface area (Å²) in [6, 6.07) is 6.66. The zero-order chi connectivity index (χ0) is 15.8. The number of carbonyl (C=O) groups is 1. The van der Waals surface area contributed by atoms with E-state index in [1.54, 1.807) is 24.3 Å². The number of sulfonamides is 1. The fourth-order valence-corrected chi connectivity index (χ4v) is 4.35. The highest BCUT2D eigenvalue weighted by atomic mass is 32.2. The van der Waals surface area contributed by atoms with Gasteiger partial charge in [-0.15, -0.1) is 0 Å². The van der Waals surface area contributed by atoms with Crippen molar-refractivity contribution in [1.82, 2.24) is 9.62 Å². The van der Waals surface area contributed by atoms with Gasteiger partial charge in [-0.1, -0.05) is 12.1 Å². The summed E-state index contributed by atoms with van der Waals surface area (Å²) in [5, 5.41) is 3.14. The van der Waals surface area contributed by atoms with E-state index in [1.807, 2.05) is 0 Å². The number of rotatable bonds is 4. The summed E-state index contributed by atoms with van der Waals surface area (Å²) in [5.74, 6) is -0.245. The molecule has 3 rings (SSSR count). The predicted octanol–water partition coefficient (Wildman–Crippen LogP) is 0.485. The molecule has 1 saturated carbocycles. The zero-order valence-electron chi connectivity index (χ0n) is 12.5. The highest BCUT2D eigenvalue weighted by Gasteiger charge is 2.52. The van der Waals surface area contributed by atoms with Gasteiger partial charge in [-0.2, -0.15) is 4.31 Å². The van der Waals surface area contributed by atoms with Gasteiger partial charge < -0.3 is 10.1 Å². The van der Waals surface area contributed by atoms with Crippen LogP contribution in [-0.4, -0.2) is 52.0 Å². The van der Waals surface area contributed by atoms with E-state index in [0.717, 1.165) is 18.4 Å². The molecule has 2 fully saturated rings. The maximum Gasteiger partial charge on any atom is 0.316 e. The Morgan fingerprint density at radius 1 is 1.18 bits per heavy atom. The summed E-state index contributed by atoms with van der Waals surface area (Å²) < 4.78 is 31.5. The summed E-state index contributed by atoms with van der Waals surface area (Å²) in [6.07, 6.45) is 1.51. The number of carbonyl (C=O) groups excluding carboxylic acids is 1. The van der Waals surface area contributed by atoms with Gasteiger partial charge in [0.2, 0.25) is 10.0 Å². The second-order valence-electron chi connectivity index (χ2n) is 5.75. The van der Waals surface area contributed by atoms with Crippen LogP contribution in [0.5, 0.6) is 0 Å². The molecule has 1 aliphatic heterocycles. The number of hydrogen-bond acceptors (Lipinski definition) is 5. The average Bonchev–Trinajstić information content (AvgIpc) is 3.37. The van der Waals surface area contributed by atoms with E-state index in [2.05, 4.69) is 5.32 Å². The van der Waals surface area contributed by atoms with Gasteiger partial charge in [-0.25, -0.2) is 8.42 Å². The summed E-state index contributed by atoms with van der Waals surface area (Å²) in [7, 11) is -2.07. The topological polar surface area (TPSA) is 75.7 Å². The fraction of sp³-hybridized carbons (Fsp3) is 0.533. The van der Waals surface area contributed by atoms with Crippen LogP contribution in [0.2, 0.25) is 0 Å². The molecule has 1 aliphatic carbocycles. The molecule has 0 bridgehead atoms. The maximum absolute atomic E-state index is 12.6. The molecular formula is C15H20N2O4S. The van der Waals surface area contributed by atoms with E-state index in [4.69, 9.17) is 4.74 Å².